The highest BCUT2D eigenvalue weighted by atomic mass is 79.9. The minimum Gasteiger partial charge on any atom is -0.507 e. The SMILES string of the molecule is CC1=NN(C(=O)c2cc(Br)ccc2O)C(O)(C(F)F)C1. The smallest absolute Gasteiger partial charge is 0.287 e. The minimum absolute atomic E-state index is 0.204. The molecule has 0 aromatic heterocycles. The Kier molecular flexibility index (Phi) is 3.79. The first kappa shape index (κ1) is 14.9. The average molecular weight is 349 g/mol. The summed E-state index contributed by atoms with van der Waals surface area (Å²) in [6.45, 7) is 1.43. The molecule has 1 aliphatic rings. The number of rotatable bonds is 2. The second kappa shape index (κ2) is 5.10. The molecule has 1 heterocycles. The number of aromatic hydroxyl groups is 1. The molecule has 0 aliphatic carbocycles. The molecule has 1 atom stereocenters. The summed E-state index contributed by atoms with van der Waals surface area (Å²) in [5, 5.41) is 23.6. The van der Waals surface area contributed by atoms with E-state index in [-0.39, 0.29) is 17.0 Å². The molecule has 0 bridgehead atoms. The Morgan fingerprint density at radius 2 is 2.20 bits per heavy atom. The van der Waals surface area contributed by atoms with E-state index in [0.717, 1.165) is 0 Å². The van der Waals surface area contributed by atoms with E-state index in [9.17, 15) is 23.8 Å². The lowest BCUT2D eigenvalue weighted by atomic mass is 10.1. The van der Waals surface area contributed by atoms with Crippen molar-refractivity contribution >= 4 is 27.5 Å². The fraction of sp³-hybridized carbons (Fsp3) is 0.333. The summed E-state index contributed by atoms with van der Waals surface area (Å²) in [6.07, 6.45) is -3.62. The highest BCUT2D eigenvalue weighted by molar-refractivity contribution is 9.10. The van der Waals surface area contributed by atoms with E-state index in [1.54, 1.807) is 0 Å². The molecule has 0 spiro atoms. The molecular formula is C12H11BrF2N2O3. The number of phenolic OH excluding ortho intramolecular Hbond substituents is 1. The van der Waals surface area contributed by atoms with Crippen LogP contribution in [0.5, 0.6) is 5.75 Å². The zero-order valence-electron chi connectivity index (χ0n) is 10.3. The summed E-state index contributed by atoms with van der Waals surface area (Å²) in [5.41, 5.74) is -2.71. The van der Waals surface area contributed by atoms with Crippen molar-refractivity contribution < 1.29 is 23.8 Å². The number of hydrazone groups is 1. The summed E-state index contributed by atoms with van der Waals surface area (Å²) in [4.78, 5) is 12.2. The van der Waals surface area contributed by atoms with E-state index in [4.69, 9.17) is 0 Å². The fourth-order valence-electron chi connectivity index (χ4n) is 1.93. The number of amides is 1. The Labute approximate surface area is 121 Å². The van der Waals surface area contributed by atoms with E-state index >= 15 is 0 Å². The van der Waals surface area contributed by atoms with Gasteiger partial charge in [0.15, 0.2) is 0 Å². The molecule has 2 rings (SSSR count). The first-order valence-corrected chi connectivity index (χ1v) is 6.42. The zero-order valence-corrected chi connectivity index (χ0v) is 11.9. The molecular weight excluding hydrogens is 338 g/mol. The number of halogens is 3. The third-order valence-corrected chi connectivity index (χ3v) is 3.38. The van der Waals surface area contributed by atoms with Crippen LogP contribution in [0.15, 0.2) is 27.8 Å². The van der Waals surface area contributed by atoms with Crippen LogP contribution < -0.4 is 0 Å². The van der Waals surface area contributed by atoms with Crippen LogP contribution in [0, 0.1) is 0 Å². The van der Waals surface area contributed by atoms with Gasteiger partial charge in [-0.25, -0.2) is 8.78 Å². The van der Waals surface area contributed by atoms with Gasteiger partial charge >= 0.3 is 0 Å². The van der Waals surface area contributed by atoms with E-state index in [0.29, 0.717) is 9.48 Å². The lowest BCUT2D eigenvalue weighted by Crippen LogP contribution is -2.51. The van der Waals surface area contributed by atoms with Crippen LogP contribution in [0.4, 0.5) is 8.78 Å². The molecule has 108 valence electrons. The highest BCUT2D eigenvalue weighted by Gasteiger charge is 2.51. The van der Waals surface area contributed by atoms with Crippen LogP contribution in [0.1, 0.15) is 23.7 Å². The van der Waals surface area contributed by atoms with Gasteiger partial charge in [0.2, 0.25) is 5.72 Å². The maximum Gasteiger partial charge on any atom is 0.287 e. The van der Waals surface area contributed by atoms with E-state index in [1.165, 1.54) is 25.1 Å². The number of benzene rings is 1. The summed E-state index contributed by atoms with van der Waals surface area (Å²) >= 11 is 3.11. The van der Waals surface area contributed by atoms with Crippen LogP contribution in [0.25, 0.3) is 0 Å². The van der Waals surface area contributed by atoms with Crippen LogP contribution >= 0.6 is 15.9 Å². The van der Waals surface area contributed by atoms with Gasteiger partial charge in [0.1, 0.15) is 5.75 Å². The molecule has 2 N–H and O–H groups in total. The Balaban J connectivity index is 2.44. The van der Waals surface area contributed by atoms with Crippen molar-refractivity contribution in [3.63, 3.8) is 0 Å². The largest absolute Gasteiger partial charge is 0.507 e. The Hall–Kier alpha value is -1.54. The number of phenols is 1. The standard InChI is InChI=1S/C12H11BrF2N2O3/c1-6-5-12(20,11(14)15)17(16-6)10(19)8-4-7(13)2-3-9(8)18/h2-4,11,18,20H,5H2,1H3. The fourth-order valence-corrected chi connectivity index (χ4v) is 2.29. The normalized spacial score (nSPS) is 22.3. The number of hydrogen-bond donors (Lipinski definition) is 2. The molecule has 0 radical (unpaired) electrons. The van der Waals surface area contributed by atoms with Gasteiger partial charge in [-0.3, -0.25) is 4.79 Å². The quantitative estimate of drug-likeness (QED) is 0.861. The average Bonchev–Trinajstić information content (AvgIpc) is 2.68. The van der Waals surface area contributed by atoms with Crippen molar-refractivity contribution in [2.75, 3.05) is 0 Å². The summed E-state index contributed by atoms with van der Waals surface area (Å²) in [7, 11) is 0. The monoisotopic (exact) mass is 348 g/mol. The van der Waals surface area contributed by atoms with Crippen LogP contribution in [0.3, 0.4) is 0 Å². The van der Waals surface area contributed by atoms with Gasteiger partial charge in [0.25, 0.3) is 12.3 Å². The van der Waals surface area contributed by atoms with Crippen molar-refractivity contribution in [2.24, 2.45) is 5.10 Å². The lowest BCUT2D eigenvalue weighted by molar-refractivity contribution is -0.164. The number of nitrogens with zero attached hydrogens (tertiary/aromatic N) is 2. The predicted molar refractivity (Wildman–Crippen MR) is 70.7 cm³/mol. The van der Waals surface area contributed by atoms with E-state index < -0.39 is 24.5 Å². The predicted octanol–water partition coefficient (Wildman–Crippen LogP) is 2.33. The molecule has 0 saturated carbocycles. The third kappa shape index (κ3) is 2.40. The number of carbonyl (C=O) groups is 1. The second-order valence-corrected chi connectivity index (χ2v) is 5.39. The Morgan fingerprint density at radius 1 is 1.55 bits per heavy atom. The van der Waals surface area contributed by atoms with Gasteiger partial charge in [-0.05, 0) is 25.1 Å². The molecule has 20 heavy (non-hydrogen) atoms. The van der Waals surface area contributed by atoms with Crippen molar-refractivity contribution in [1.29, 1.82) is 0 Å². The first-order valence-electron chi connectivity index (χ1n) is 5.63. The maximum atomic E-state index is 13.0. The van der Waals surface area contributed by atoms with E-state index in [1.807, 2.05) is 0 Å². The molecule has 1 aromatic rings. The zero-order chi connectivity index (χ0) is 15.1. The van der Waals surface area contributed by atoms with Crippen LogP contribution in [-0.4, -0.2) is 39.0 Å². The van der Waals surface area contributed by atoms with Gasteiger partial charge in [0.05, 0.1) is 5.56 Å². The van der Waals surface area contributed by atoms with Gasteiger partial charge in [-0.2, -0.15) is 10.1 Å². The van der Waals surface area contributed by atoms with Crippen molar-refractivity contribution in [1.82, 2.24) is 5.01 Å². The number of alkyl halides is 2. The molecule has 1 unspecified atom stereocenters. The Bertz CT molecular complexity index is 594. The van der Waals surface area contributed by atoms with Crippen LogP contribution in [-0.2, 0) is 0 Å². The topological polar surface area (TPSA) is 73.1 Å². The molecule has 8 heteroatoms. The molecule has 1 amide bonds. The molecule has 1 aromatic carbocycles. The first-order chi connectivity index (χ1) is 9.25. The number of aliphatic hydroxyl groups is 1. The third-order valence-electron chi connectivity index (χ3n) is 2.88. The molecule has 0 fully saturated rings. The molecule has 0 saturated heterocycles. The van der Waals surface area contributed by atoms with Crippen LogP contribution in [0.2, 0.25) is 0 Å². The summed E-state index contributed by atoms with van der Waals surface area (Å²) < 4.78 is 26.5. The molecule has 1 aliphatic heterocycles. The van der Waals surface area contributed by atoms with Crippen molar-refractivity contribution in [3.05, 3.63) is 28.2 Å². The van der Waals surface area contributed by atoms with Crippen molar-refractivity contribution in [3.8, 4) is 5.75 Å². The number of carbonyl (C=O) groups excluding carboxylic acids is 1. The molecule has 5 nitrogen and oxygen atoms in total. The van der Waals surface area contributed by atoms with Gasteiger partial charge in [-0.15, -0.1) is 0 Å². The van der Waals surface area contributed by atoms with Gasteiger partial charge < -0.3 is 10.2 Å². The summed E-state index contributed by atoms with van der Waals surface area (Å²) in [5.74, 6) is -1.38. The van der Waals surface area contributed by atoms with Crippen molar-refractivity contribution in [2.45, 2.75) is 25.5 Å². The number of hydrogen-bond acceptors (Lipinski definition) is 4. The van der Waals surface area contributed by atoms with Gasteiger partial charge in [0, 0.05) is 16.6 Å². The van der Waals surface area contributed by atoms with E-state index in [2.05, 4.69) is 21.0 Å². The van der Waals surface area contributed by atoms with Gasteiger partial charge in [-0.1, -0.05) is 15.9 Å². The second-order valence-electron chi connectivity index (χ2n) is 4.47. The highest BCUT2D eigenvalue weighted by Crippen LogP contribution is 2.34. The Morgan fingerprint density at radius 3 is 2.80 bits per heavy atom. The summed E-state index contributed by atoms with van der Waals surface area (Å²) in [6, 6.07) is 4.00. The minimum atomic E-state index is -3.18. The lowest BCUT2D eigenvalue weighted by Gasteiger charge is -2.30. The maximum absolute atomic E-state index is 13.0.